The van der Waals surface area contributed by atoms with E-state index in [2.05, 4.69) is 16.7 Å². The second-order valence-corrected chi connectivity index (χ2v) is 5.38. The zero-order valence-electron chi connectivity index (χ0n) is 11.1. The summed E-state index contributed by atoms with van der Waals surface area (Å²) in [6.07, 6.45) is 2.73. The van der Waals surface area contributed by atoms with Crippen LogP contribution in [-0.4, -0.2) is 25.6 Å². The second-order valence-electron chi connectivity index (χ2n) is 5.38. The summed E-state index contributed by atoms with van der Waals surface area (Å²) in [5.74, 6) is 1.66. The predicted octanol–water partition coefficient (Wildman–Crippen LogP) is 1.24. The Kier molecular flexibility index (Phi) is 3.69. The largest absolute Gasteiger partial charge is 0.493 e. The first kappa shape index (κ1) is 12.5. The summed E-state index contributed by atoms with van der Waals surface area (Å²) >= 11 is 0. The average molecular weight is 260 g/mol. The highest BCUT2D eigenvalue weighted by molar-refractivity contribution is 5.76. The van der Waals surface area contributed by atoms with Crippen molar-refractivity contribution in [2.75, 3.05) is 19.7 Å². The number of hydrogen-bond acceptors (Lipinski definition) is 3. The normalized spacial score (nSPS) is 20.9. The van der Waals surface area contributed by atoms with Crippen molar-refractivity contribution in [2.45, 2.75) is 25.8 Å². The lowest BCUT2D eigenvalue weighted by molar-refractivity contribution is -0.122. The standard InChI is InChI=1S/C15H20N2O2/c18-15(8-12-3-5-16-9-12)17-10-11-1-2-14-13(7-11)4-6-19-14/h1-2,7,12,16H,3-6,8-10H2,(H,17,18). The van der Waals surface area contributed by atoms with Gasteiger partial charge < -0.3 is 15.4 Å². The Morgan fingerprint density at radius 3 is 3.26 bits per heavy atom. The summed E-state index contributed by atoms with van der Waals surface area (Å²) < 4.78 is 5.47. The number of nitrogens with one attached hydrogen (secondary N) is 2. The van der Waals surface area contributed by atoms with Crippen LogP contribution in [0.3, 0.4) is 0 Å². The van der Waals surface area contributed by atoms with Crippen LogP contribution in [-0.2, 0) is 17.8 Å². The molecular weight excluding hydrogens is 240 g/mol. The lowest BCUT2D eigenvalue weighted by Crippen LogP contribution is -2.25. The molecule has 1 amide bonds. The van der Waals surface area contributed by atoms with E-state index in [4.69, 9.17) is 4.74 Å². The first-order chi connectivity index (χ1) is 9.31. The van der Waals surface area contributed by atoms with Crippen molar-refractivity contribution in [2.24, 2.45) is 5.92 Å². The second kappa shape index (κ2) is 5.61. The fourth-order valence-corrected chi connectivity index (χ4v) is 2.77. The number of benzene rings is 1. The molecule has 1 aromatic carbocycles. The first-order valence-corrected chi connectivity index (χ1v) is 7.03. The van der Waals surface area contributed by atoms with Gasteiger partial charge in [0, 0.05) is 19.4 Å². The number of carbonyl (C=O) groups excluding carboxylic acids is 1. The van der Waals surface area contributed by atoms with Gasteiger partial charge in [-0.2, -0.15) is 0 Å². The smallest absolute Gasteiger partial charge is 0.220 e. The molecule has 0 saturated carbocycles. The highest BCUT2D eigenvalue weighted by Crippen LogP contribution is 2.25. The van der Waals surface area contributed by atoms with Crippen molar-refractivity contribution in [3.05, 3.63) is 29.3 Å². The molecule has 2 N–H and O–H groups in total. The van der Waals surface area contributed by atoms with Gasteiger partial charge in [-0.3, -0.25) is 4.79 Å². The molecule has 0 bridgehead atoms. The number of amides is 1. The Balaban J connectivity index is 1.50. The Labute approximate surface area is 113 Å². The first-order valence-electron chi connectivity index (χ1n) is 7.03. The van der Waals surface area contributed by atoms with Crippen molar-refractivity contribution < 1.29 is 9.53 Å². The number of fused-ring (bicyclic) bond motifs is 1. The van der Waals surface area contributed by atoms with Gasteiger partial charge in [0.1, 0.15) is 5.75 Å². The highest BCUT2D eigenvalue weighted by atomic mass is 16.5. The van der Waals surface area contributed by atoms with E-state index < -0.39 is 0 Å². The van der Waals surface area contributed by atoms with E-state index in [1.54, 1.807) is 0 Å². The Morgan fingerprint density at radius 1 is 1.47 bits per heavy atom. The molecule has 0 aliphatic carbocycles. The summed E-state index contributed by atoms with van der Waals surface area (Å²) in [5, 5.41) is 6.30. The Bertz CT molecular complexity index is 467. The van der Waals surface area contributed by atoms with Crippen LogP contribution >= 0.6 is 0 Å². The van der Waals surface area contributed by atoms with Gasteiger partial charge in [0.05, 0.1) is 6.61 Å². The fraction of sp³-hybridized carbons (Fsp3) is 0.533. The van der Waals surface area contributed by atoms with Crippen LogP contribution in [0, 0.1) is 5.92 Å². The molecule has 19 heavy (non-hydrogen) atoms. The van der Waals surface area contributed by atoms with E-state index in [1.165, 1.54) is 5.56 Å². The Hall–Kier alpha value is -1.55. The summed E-state index contributed by atoms with van der Waals surface area (Å²) in [5.41, 5.74) is 2.41. The molecule has 3 rings (SSSR count). The summed E-state index contributed by atoms with van der Waals surface area (Å²) in [7, 11) is 0. The van der Waals surface area contributed by atoms with Gasteiger partial charge in [0.15, 0.2) is 0 Å². The van der Waals surface area contributed by atoms with Crippen LogP contribution in [0.5, 0.6) is 5.75 Å². The van der Waals surface area contributed by atoms with E-state index in [9.17, 15) is 4.79 Å². The van der Waals surface area contributed by atoms with Gasteiger partial charge in [-0.05, 0) is 42.6 Å². The zero-order valence-corrected chi connectivity index (χ0v) is 11.1. The van der Waals surface area contributed by atoms with Crippen LogP contribution in [0.15, 0.2) is 18.2 Å². The lowest BCUT2D eigenvalue weighted by Gasteiger charge is -2.09. The third-order valence-corrected chi connectivity index (χ3v) is 3.88. The van der Waals surface area contributed by atoms with E-state index in [0.717, 1.165) is 43.9 Å². The monoisotopic (exact) mass is 260 g/mol. The molecule has 1 unspecified atom stereocenters. The van der Waals surface area contributed by atoms with Crippen molar-refractivity contribution >= 4 is 5.91 Å². The summed E-state index contributed by atoms with van der Waals surface area (Å²) in [6, 6.07) is 6.17. The van der Waals surface area contributed by atoms with Gasteiger partial charge in [-0.1, -0.05) is 12.1 Å². The molecule has 2 heterocycles. The zero-order chi connectivity index (χ0) is 13.1. The van der Waals surface area contributed by atoms with Gasteiger partial charge >= 0.3 is 0 Å². The molecule has 0 radical (unpaired) electrons. The van der Waals surface area contributed by atoms with Crippen LogP contribution in [0.1, 0.15) is 24.0 Å². The highest BCUT2D eigenvalue weighted by Gasteiger charge is 2.18. The number of hydrogen-bond donors (Lipinski definition) is 2. The summed E-state index contributed by atoms with van der Waals surface area (Å²) in [6.45, 7) is 3.42. The molecule has 2 aliphatic rings. The molecule has 0 spiro atoms. The van der Waals surface area contributed by atoms with E-state index in [-0.39, 0.29) is 5.91 Å². The lowest BCUT2D eigenvalue weighted by atomic mass is 10.0. The van der Waals surface area contributed by atoms with Crippen LogP contribution in [0.25, 0.3) is 0 Å². The molecule has 1 saturated heterocycles. The molecule has 0 aromatic heterocycles. The topological polar surface area (TPSA) is 50.4 Å². The Morgan fingerprint density at radius 2 is 2.42 bits per heavy atom. The number of ether oxygens (including phenoxy) is 1. The van der Waals surface area contributed by atoms with Crippen molar-refractivity contribution in [3.63, 3.8) is 0 Å². The minimum absolute atomic E-state index is 0.158. The van der Waals surface area contributed by atoms with E-state index >= 15 is 0 Å². The third-order valence-electron chi connectivity index (χ3n) is 3.88. The third kappa shape index (κ3) is 3.07. The van der Waals surface area contributed by atoms with Crippen LogP contribution < -0.4 is 15.4 Å². The molecule has 1 fully saturated rings. The number of carbonyl (C=O) groups is 1. The van der Waals surface area contributed by atoms with Gasteiger partial charge in [0.25, 0.3) is 0 Å². The molecule has 4 nitrogen and oxygen atoms in total. The minimum Gasteiger partial charge on any atom is -0.493 e. The summed E-state index contributed by atoms with van der Waals surface area (Å²) in [4.78, 5) is 11.8. The number of rotatable bonds is 4. The maximum absolute atomic E-state index is 11.8. The molecule has 4 heteroatoms. The SMILES string of the molecule is O=C(CC1CCNC1)NCc1ccc2c(c1)CCO2. The molecule has 1 aromatic rings. The molecule has 2 aliphatic heterocycles. The van der Waals surface area contributed by atoms with Crippen molar-refractivity contribution in [1.82, 2.24) is 10.6 Å². The predicted molar refractivity (Wildman–Crippen MR) is 73.1 cm³/mol. The van der Waals surface area contributed by atoms with E-state index in [0.29, 0.717) is 18.9 Å². The van der Waals surface area contributed by atoms with E-state index in [1.807, 2.05) is 12.1 Å². The fourth-order valence-electron chi connectivity index (χ4n) is 2.77. The molecule has 1 atom stereocenters. The molecule has 102 valence electrons. The van der Waals surface area contributed by atoms with Gasteiger partial charge in [0.2, 0.25) is 5.91 Å². The van der Waals surface area contributed by atoms with Crippen LogP contribution in [0.4, 0.5) is 0 Å². The van der Waals surface area contributed by atoms with Crippen molar-refractivity contribution in [1.29, 1.82) is 0 Å². The minimum atomic E-state index is 0.158. The molecular formula is C15H20N2O2. The maximum Gasteiger partial charge on any atom is 0.220 e. The average Bonchev–Trinajstić information content (AvgIpc) is 3.06. The van der Waals surface area contributed by atoms with Gasteiger partial charge in [-0.25, -0.2) is 0 Å². The quantitative estimate of drug-likeness (QED) is 0.856. The van der Waals surface area contributed by atoms with Crippen molar-refractivity contribution in [3.8, 4) is 5.75 Å². The maximum atomic E-state index is 11.8. The van der Waals surface area contributed by atoms with Gasteiger partial charge in [-0.15, -0.1) is 0 Å². The van der Waals surface area contributed by atoms with Crippen LogP contribution in [0.2, 0.25) is 0 Å².